The first-order valence-electron chi connectivity index (χ1n) is 10.1. The van der Waals surface area contributed by atoms with Crippen LogP contribution in [0.5, 0.6) is 0 Å². The molecule has 33 heavy (non-hydrogen) atoms. The summed E-state index contributed by atoms with van der Waals surface area (Å²) in [6.07, 6.45) is -5.06. The Balaban J connectivity index is 1.62. The monoisotopic (exact) mass is 479 g/mol. The minimum atomic E-state index is -4.54. The quantitative estimate of drug-likeness (QED) is 0.477. The van der Waals surface area contributed by atoms with Crippen molar-refractivity contribution in [3.05, 3.63) is 68.8 Å². The SMILES string of the molecule is Cc1cc(-c2nc(-c3cc(CCC(=O)C4(C(F)(F)F)CC4)ccc3Cl)[nH]c(=O)n2)ccc1F. The fourth-order valence-electron chi connectivity index (χ4n) is 3.68. The first-order valence-corrected chi connectivity index (χ1v) is 10.5. The lowest BCUT2D eigenvalue weighted by Gasteiger charge is -2.17. The Morgan fingerprint density at radius 1 is 1.15 bits per heavy atom. The van der Waals surface area contributed by atoms with Crippen molar-refractivity contribution in [2.45, 2.75) is 38.8 Å². The Bertz CT molecular complexity index is 1300. The molecule has 0 saturated heterocycles. The van der Waals surface area contributed by atoms with E-state index in [-0.39, 0.29) is 42.4 Å². The van der Waals surface area contributed by atoms with Gasteiger partial charge in [0.25, 0.3) is 0 Å². The highest BCUT2D eigenvalue weighted by molar-refractivity contribution is 6.33. The van der Waals surface area contributed by atoms with E-state index in [0.29, 0.717) is 22.3 Å². The van der Waals surface area contributed by atoms with Crippen LogP contribution in [0, 0.1) is 18.2 Å². The Hall–Kier alpha value is -3.07. The van der Waals surface area contributed by atoms with E-state index < -0.39 is 28.9 Å². The number of hydrogen-bond donors (Lipinski definition) is 1. The number of hydrogen-bond acceptors (Lipinski definition) is 4. The summed E-state index contributed by atoms with van der Waals surface area (Å²) in [5.41, 5.74) is -1.22. The molecule has 1 saturated carbocycles. The standard InChI is InChI=1S/C23H18ClF4N3O2/c1-12-10-14(4-6-17(12)25)19-29-20(31-21(33)30-19)15-11-13(2-5-16(15)24)3-7-18(32)22(8-9-22)23(26,27)28/h2,4-6,10-11H,3,7-9H2,1H3,(H,29,30,31,33). The zero-order chi connectivity index (χ0) is 24.0. The van der Waals surface area contributed by atoms with Gasteiger partial charge in [-0.3, -0.25) is 9.78 Å². The smallest absolute Gasteiger partial charge is 0.299 e. The van der Waals surface area contributed by atoms with Crippen molar-refractivity contribution in [1.29, 1.82) is 0 Å². The van der Waals surface area contributed by atoms with Gasteiger partial charge >= 0.3 is 11.9 Å². The molecule has 0 amide bonds. The average molecular weight is 480 g/mol. The summed E-state index contributed by atoms with van der Waals surface area (Å²) in [5.74, 6) is -1.07. The van der Waals surface area contributed by atoms with Crippen LogP contribution in [0.25, 0.3) is 22.8 Å². The van der Waals surface area contributed by atoms with Crippen LogP contribution in [0.1, 0.15) is 30.4 Å². The van der Waals surface area contributed by atoms with Gasteiger partial charge in [-0.1, -0.05) is 17.7 Å². The molecule has 1 N–H and O–H groups in total. The molecule has 0 radical (unpaired) electrons. The number of alkyl halides is 3. The molecule has 0 spiro atoms. The van der Waals surface area contributed by atoms with E-state index in [4.69, 9.17) is 11.6 Å². The van der Waals surface area contributed by atoms with Gasteiger partial charge in [0.2, 0.25) is 0 Å². The molecule has 5 nitrogen and oxygen atoms in total. The molecule has 1 aliphatic carbocycles. The predicted octanol–water partition coefficient (Wildman–Crippen LogP) is 5.44. The van der Waals surface area contributed by atoms with Crippen LogP contribution in [0.2, 0.25) is 5.02 Å². The van der Waals surface area contributed by atoms with Crippen LogP contribution in [-0.2, 0) is 11.2 Å². The first-order chi connectivity index (χ1) is 15.5. The zero-order valence-corrected chi connectivity index (χ0v) is 18.1. The summed E-state index contributed by atoms with van der Waals surface area (Å²) in [6.45, 7) is 1.57. The Morgan fingerprint density at radius 2 is 1.88 bits per heavy atom. The van der Waals surface area contributed by atoms with E-state index in [1.807, 2.05) is 0 Å². The van der Waals surface area contributed by atoms with Gasteiger partial charge in [0.05, 0.1) is 5.02 Å². The predicted molar refractivity (Wildman–Crippen MR) is 114 cm³/mol. The number of rotatable bonds is 6. The second kappa shape index (κ2) is 8.37. The molecular formula is C23H18ClF4N3O2. The zero-order valence-electron chi connectivity index (χ0n) is 17.4. The molecule has 0 aliphatic heterocycles. The van der Waals surface area contributed by atoms with Crippen LogP contribution in [0.3, 0.4) is 0 Å². The van der Waals surface area contributed by atoms with Gasteiger partial charge in [-0.25, -0.2) is 14.2 Å². The average Bonchev–Trinajstić information content (AvgIpc) is 3.57. The number of halogens is 5. The van der Waals surface area contributed by atoms with Gasteiger partial charge in [0, 0.05) is 17.5 Å². The fraction of sp³-hybridized carbons (Fsp3) is 0.304. The van der Waals surface area contributed by atoms with E-state index in [0.717, 1.165) is 0 Å². The highest BCUT2D eigenvalue weighted by Gasteiger charge is 2.67. The van der Waals surface area contributed by atoms with E-state index in [1.54, 1.807) is 19.1 Å². The molecule has 1 aromatic heterocycles. The molecule has 4 rings (SSSR count). The van der Waals surface area contributed by atoms with Crippen molar-refractivity contribution in [3.8, 4) is 22.8 Å². The van der Waals surface area contributed by atoms with Gasteiger partial charge in [0.15, 0.2) is 5.82 Å². The normalized spacial score (nSPS) is 14.8. The van der Waals surface area contributed by atoms with Crippen molar-refractivity contribution in [1.82, 2.24) is 15.0 Å². The van der Waals surface area contributed by atoms with Crippen LogP contribution in [0.4, 0.5) is 17.6 Å². The molecule has 10 heteroatoms. The maximum atomic E-state index is 13.6. The van der Waals surface area contributed by atoms with Crippen molar-refractivity contribution < 1.29 is 22.4 Å². The van der Waals surface area contributed by atoms with E-state index in [9.17, 15) is 27.2 Å². The number of ketones is 1. The number of aryl methyl sites for hydroxylation is 2. The van der Waals surface area contributed by atoms with Gasteiger partial charge in [-0.05, 0) is 67.6 Å². The van der Waals surface area contributed by atoms with Gasteiger partial charge in [0.1, 0.15) is 22.8 Å². The molecule has 0 bridgehead atoms. The van der Waals surface area contributed by atoms with Crippen LogP contribution < -0.4 is 5.69 Å². The third kappa shape index (κ3) is 4.55. The Labute approximate surface area is 190 Å². The first kappa shape index (κ1) is 23.1. The molecule has 0 unspecified atom stereocenters. The van der Waals surface area contributed by atoms with Crippen LogP contribution in [-0.4, -0.2) is 26.9 Å². The molecular weight excluding hydrogens is 462 g/mol. The number of H-pyrrole nitrogens is 1. The molecule has 3 aromatic rings. The fourth-order valence-corrected chi connectivity index (χ4v) is 3.88. The molecule has 2 aromatic carbocycles. The summed E-state index contributed by atoms with van der Waals surface area (Å²) in [7, 11) is 0. The lowest BCUT2D eigenvalue weighted by molar-refractivity contribution is -0.190. The van der Waals surface area contributed by atoms with Crippen molar-refractivity contribution in [2.75, 3.05) is 0 Å². The summed E-state index contributed by atoms with van der Waals surface area (Å²) < 4.78 is 53.1. The largest absolute Gasteiger partial charge is 0.401 e. The number of benzene rings is 2. The Morgan fingerprint density at radius 3 is 2.52 bits per heavy atom. The topological polar surface area (TPSA) is 75.7 Å². The number of nitrogens with one attached hydrogen (secondary N) is 1. The second-order valence-electron chi connectivity index (χ2n) is 8.11. The van der Waals surface area contributed by atoms with E-state index >= 15 is 0 Å². The lowest BCUT2D eigenvalue weighted by atomic mass is 9.94. The van der Waals surface area contributed by atoms with Gasteiger partial charge < -0.3 is 0 Å². The third-order valence-corrected chi connectivity index (χ3v) is 6.15. The summed E-state index contributed by atoms with van der Waals surface area (Å²) in [4.78, 5) is 35.0. The van der Waals surface area contributed by atoms with Gasteiger partial charge in [-0.2, -0.15) is 18.2 Å². The maximum Gasteiger partial charge on any atom is 0.401 e. The maximum absolute atomic E-state index is 13.6. The van der Waals surface area contributed by atoms with Crippen LogP contribution >= 0.6 is 11.6 Å². The number of carbonyl (C=O) groups excluding carboxylic acids is 1. The molecule has 0 atom stereocenters. The van der Waals surface area contributed by atoms with E-state index in [2.05, 4.69) is 15.0 Å². The molecule has 1 fully saturated rings. The molecule has 172 valence electrons. The number of carbonyl (C=O) groups is 1. The van der Waals surface area contributed by atoms with Crippen molar-refractivity contribution >= 4 is 17.4 Å². The number of Topliss-reactive ketones (excluding diaryl/α,β-unsaturated/α-hetero) is 1. The second-order valence-corrected chi connectivity index (χ2v) is 8.51. The molecule has 1 aliphatic rings. The number of aromatic nitrogens is 3. The minimum absolute atomic E-state index is 0.0642. The van der Waals surface area contributed by atoms with Crippen LogP contribution in [0.15, 0.2) is 41.2 Å². The van der Waals surface area contributed by atoms with E-state index in [1.165, 1.54) is 24.3 Å². The minimum Gasteiger partial charge on any atom is -0.299 e. The number of nitrogens with zero attached hydrogens (tertiary/aromatic N) is 2. The number of aromatic amines is 1. The molecule has 1 heterocycles. The third-order valence-electron chi connectivity index (χ3n) is 5.82. The Kier molecular flexibility index (Phi) is 5.86. The summed E-state index contributed by atoms with van der Waals surface area (Å²) in [6, 6.07) is 8.89. The van der Waals surface area contributed by atoms with Crippen molar-refractivity contribution in [2.24, 2.45) is 5.41 Å². The lowest BCUT2D eigenvalue weighted by Crippen LogP contribution is -2.32. The summed E-state index contributed by atoms with van der Waals surface area (Å²) >= 11 is 6.28. The summed E-state index contributed by atoms with van der Waals surface area (Å²) in [5, 5.41) is 0.245. The van der Waals surface area contributed by atoms with Crippen molar-refractivity contribution in [3.63, 3.8) is 0 Å². The van der Waals surface area contributed by atoms with Gasteiger partial charge in [-0.15, -0.1) is 0 Å². The highest BCUT2D eigenvalue weighted by Crippen LogP contribution is 2.58. The highest BCUT2D eigenvalue weighted by atomic mass is 35.5.